The molecule has 1 aliphatic heterocycles. The van der Waals surface area contributed by atoms with Crippen molar-refractivity contribution in [3.05, 3.63) is 60.2 Å². The lowest BCUT2D eigenvalue weighted by molar-refractivity contribution is 0.0905. The number of anilines is 1. The van der Waals surface area contributed by atoms with Crippen LogP contribution in [-0.2, 0) is 11.3 Å². The molecule has 2 aromatic carbocycles. The van der Waals surface area contributed by atoms with E-state index < -0.39 is 0 Å². The minimum absolute atomic E-state index is 0.237. The fourth-order valence-electron chi connectivity index (χ4n) is 2.97. The van der Waals surface area contributed by atoms with Crippen molar-refractivity contribution in [1.29, 1.82) is 0 Å². The molecule has 4 nitrogen and oxygen atoms in total. The van der Waals surface area contributed by atoms with Crippen molar-refractivity contribution in [2.45, 2.75) is 25.5 Å². The first-order valence-corrected chi connectivity index (χ1v) is 9.01. The quantitative estimate of drug-likeness (QED) is 0.789. The van der Waals surface area contributed by atoms with Gasteiger partial charge in [0, 0.05) is 25.4 Å². The number of hydrogen-bond acceptors (Lipinski definition) is 3. The first-order valence-electron chi connectivity index (χ1n) is 8.60. The van der Waals surface area contributed by atoms with Gasteiger partial charge in [-0.05, 0) is 54.9 Å². The molecule has 1 unspecified atom stereocenters. The number of methoxy groups -OCH3 is 1. The highest BCUT2D eigenvalue weighted by molar-refractivity contribution is 7.80. The number of thiocarbonyl (C=S) groups is 1. The molecule has 1 atom stereocenters. The summed E-state index contributed by atoms with van der Waals surface area (Å²) in [5, 5.41) is 4.05. The summed E-state index contributed by atoms with van der Waals surface area (Å²) in [6.07, 6.45) is 2.44. The van der Waals surface area contributed by atoms with Crippen molar-refractivity contribution in [3.8, 4) is 5.75 Å². The van der Waals surface area contributed by atoms with Gasteiger partial charge < -0.3 is 19.7 Å². The summed E-state index contributed by atoms with van der Waals surface area (Å²) in [7, 11) is 1.69. The third-order valence-corrected chi connectivity index (χ3v) is 4.63. The van der Waals surface area contributed by atoms with E-state index in [1.165, 1.54) is 0 Å². The third-order valence-electron chi connectivity index (χ3n) is 4.27. The fourth-order valence-corrected chi connectivity index (χ4v) is 3.23. The summed E-state index contributed by atoms with van der Waals surface area (Å²) in [6.45, 7) is 2.35. The Morgan fingerprint density at radius 3 is 2.80 bits per heavy atom. The smallest absolute Gasteiger partial charge is 0.173 e. The van der Waals surface area contributed by atoms with Crippen molar-refractivity contribution >= 4 is 23.0 Å². The summed E-state index contributed by atoms with van der Waals surface area (Å²) in [5.74, 6) is 0.858. The molecule has 0 bridgehead atoms. The average molecular weight is 356 g/mol. The first kappa shape index (κ1) is 17.7. The van der Waals surface area contributed by atoms with Crippen molar-refractivity contribution in [2.24, 2.45) is 0 Å². The maximum Gasteiger partial charge on any atom is 0.173 e. The van der Waals surface area contributed by atoms with E-state index >= 15 is 0 Å². The lowest BCUT2D eigenvalue weighted by Gasteiger charge is -2.28. The maximum absolute atomic E-state index is 5.81. The highest BCUT2D eigenvalue weighted by Crippen LogP contribution is 2.19. The van der Waals surface area contributed by atoms with Gasteiger partial charge in [0.2, 0.25) is 0 Å². The van der Waals surface area contributed by atoms with Gasteiger partial charge in [0.15, 0.2) is 5.11 Å². The van der Waals surface area contributed by atoms with Crippen LogP contribution >= 0.6 is 12.2 Å². The number of nitrogens with one attached hydrogen (secondary N) is 1. The van der Waals surface area contributed by atoms with E-state index in [2.05, 4.69) is 16.3 Å². The monoisotopic (exact) mass is 356 g/mol. The Hall–Kier alpha value is -2.11. The van der Waals surface area contributed by atoms with Crippen LogP contribution in [0.25, 0.3) is 0 Å². The topological polar surface area (TPSA) is 33.7 Å². The molecule has 132 valence electrons. The number of ether oxygens (including phenoxy) is 2. The Balaban J connectivity index is 1.72. The van der Waals surface area contributed by atoms with E-state index in [4.69, 9.17) is 21.7 Å². The zero-order chi connectivity index (χ0) is 17.5. The van der Waals surface area contributed by atoms with Crippen LogP contribution in [0.1, 0.15) is 18.4 Å². The molecule has 1 N–H and O–H groups in total. The molecule has 1 fully saturated rings. The Bertz CT molecular complexity index is 687. The highest BCUT2D eigenvalue weighted by atomic mass is 32.1. The Morgan fingerprint density at radius 2 is 2.08 bits per heavy atom. The van der Waals surface area contributed by atoms with E-state index in [0.29, 0.717) is 5.11 Å². The number of rotatable bonds is 6. The van der Waals surface area contributed by atoms with Crippen molar-refractivity contribution in [2.75, 3.05) is 25.6 Å². The zero-order valence-electron chi connectivity index (χ0n) is 14.5. The summed E-state index contributed by atoms with van der Waals surface area (Å²) in [6, 6.07) is 18.1. The van der Waals surface area contributed by atoms with Crippen LogP contribution in [0.2, 0.25) is 0 Å². The lowest BCUT2D eigenvalue weighted by Crippen LogP contribution is -2.39. The fraction of sp³-hybridized carbons (Fsp3) is 0.350. The molecule has 0 radical (unpaired) electrons. The summed E-state index contributed by atoms with van der Waals surface area (Å²) in [4.78, 5) is 2.17. The summed E-state index contributed by atoms with van der Waals surface area (Å²) < 4.78 is 11.1. The number of nitrogens with zero attached hydrogens (tertiary/aromatic N) is 1. The Kier molecular flexibility index (Phi) is 6.25. The van der Waals surface area contributed by atoms with E-state index in [-0.39, 0.29) is 6.10 Å². The predicted molar refractivity (Wildman–Crippen MR) is 105 cm³/mol. The van der Waals surface area contributed by atoms with E-state index in [0.717, 1.165) is 49.5 Å². The SMILES string of the molecule is COc1cccc(CN(CC2CCCO2)C(=S)Nc2ccccc2)c1. The van der Waals surface area contributed by atoms with Crippen molar-refractivity contribution in [3.63, 3.8) is 0 Å². The van der Waals surface area contributed by atoms with E-state index in [1.807, 2.05) is 48.5 Å². The second-order valence-electron chi connectivity index (χ2n) is 6.16. The number of para-hydroxylation sites is 1. The number of hydrogen-bond donors (Lipinski definition) is 1. The van der Waals surface area contributed by atoms with Crippen LogP contribution in [0.15, 0.2) is 54.6 Å². The van der Waals surface area contributed by atoms with Crippen molar-refractivity contribution in [1.82, 2.24) is 4.90 Å². The molecule has 2 aromatic rings. The standard InChI is InChI=1S/C20H24N2O2S/c1-23-18-10-5-7-16(13-18)14-22(15-19-11-6-12-24-19)20(25)21-17-8-3-2-4-9-17/h2-5,7-10,13,19H,6,11-12,14-15H2,1H3,(H,21,25). The van der Waals surface area contributed by atoms with Gasteiger partial charge in [-0.15, -0.1) is 0 Å². The molecule has 0 saturated carbocycles. The second-order valence-corrected chi connectivity index (χ2v) is 6.55. The van der Waals surface area contributed by atoms with Crippen LogP contribution in [0.5, 0.6) is 5.75 Å². The molecule has 25 heavy (non-hydrogen) atoms. The molecule has 1 aliphatic rings. The zero-order valence-corrected chi connectivity index (χ0v) is 15.3. The minimum Gasteiger partial charge on any atom is -0.497 e. The van der Waals surface area contributed by atoms with E-state index in [9.17, 15) is 0 Å². The lowest BCUT2D eigenvalue weighted by atomic mass is 10.2. The van der Waals surface area contributed by atoms with Gasteiger partial charge in [0.05, 0.1) is 13.2 Å². The molecule has 0 aliphatic carbocycles. The molecule has 0 spiro atoms. The Labute approximate surface area is 154 Å². The highest BCUT2D eigenvalue weighted by Gasteiger charge is 2.21. The molecular formula is C20H24N2O2S. The van der Waals surface area contributed by atoms with Crippen LogP contribution in [-0.4, -0.2) is 36.4 Å². The molecule has 5 heteroatoms. The molecule has 1 saturated heterocycles. The van der Waals surface area contributed by atoms with Gasteiger partial charge in [-0.25, -0.2) is 0 Å². The second kappa shape index (κ2) is 8.83. The van der Waals surface area contributed by atoms with Gasteiger partial charge >= 0.3 is 0 Å². The third kappa shape index (κ3) is 5.18. The van der Waals surface area contributed by atoms with Gasteiger partial charge in [-0.3, -0.25) is 0 Å². The molecule has 0 amide bonds. The molecule has 0 aromatic heterocycles. The molecular weight excluding hydrogens is 332 g/mol. The molecule has 3 rings (SSSR count). The normalized spacial score (nSPS) is 16.4. The largest absolute Gasteiger partial charge is 0.497 e. The van der Waals surface area contributed by atoms with Crippen LogP contribution in [0.3, 0.4) is 0 Å². The predicted octanol–water partition coefficient (Wildman–Crippen LogP) is 4.07. The Morgan fingerprint density at radius 1 is 1.24 bits per heavy atom. The van der Waals surface area contributed by atoms with Gasteiger partial charge in [0.25, 0.3) is 0 Å². The average Bonchev–Trinajstić information content (AvgIpc) is 3.15. The van der Waals surface area contributed by atoms with Crippen molar-refractivity contribution < 1.29 is 9.47 Å². The van der Waals surface area contributed by atoms with E-state index in [1.54, 1.807) is 7.11 Å². The minimum atomic E-state index is 0.237. The van der Waals surface area contributed by atoms with Gasteiger partial charge in [-0.2, -0.15) is 0 Å². The van der Waals surface area contributed by atoms with Gasteiger partial charge in [0.1, 0.15) is 5.75 Å². The van der Waals surface area contributed by atoms with Crippen LogP contribution in [0.4, 0.5) is 5.69 Å². The first-order chi connectivity index (χ1) is 12.2. The maximum atomic E-state index is 5.81. The van der Waals surface area contributed by atoms with Gasteiger partial charge in [-0.1, -0.05) is 30.3 Å². The molecule has 1 heterocycles. The van der Waals surface area contributed by atoms with Crippen LogP contribution < -0.4 is 10.1 Å². The van der Waals surface area contributed by atoms with Crippen LogP contribution in [0, 0.1) is 0 Å². The summed E-state index contributed by atoms with van der Waals surface area (Å²) >= 11 is 5.68. The number of benzene rings is 2. The summed E-state index contributed by atoms with van der Waals surface area (Å²) in [5.41, 5.74) is 2.16.